The molecule has 0 fully saturated rings. The van der Waals surface area contributed by atoms with Crippen molar-refractivity contribution < 1.29 is 0 Å². The molecule has 0 unspecified atom stereocenters. The molecule has 0 aliphatic carbocycles. The Kier molecular flexibility index (Phi) is 3.52. The van der Waals surface area contributed by atoms with Crippen LogP contribution >= 0.6 is 0 Å². The molecule has 4 aromatic rings. The second kappa shape index (κ2) is 5.44. The number of pyridine rings is 2. The van der Waals surface area contributed by atoms with Crippen LogP contribution in [0.2, 0.25) is 0 Å². The minimum atomic E-state index is 0.0427. The summed E-state index contributed by atoms with van der Waals surface area (Å²) in [5.41, 5.74) is 6.87. The monoisotopic (exact) mass is 346 g/mol. The van der Waals surface area contributed by atoms with Crippen LogP contribution in [-0.2, 0) is 10.8 Å². The summed E-state index contributed by atoms with van der Waals surface area (Å²) in [5.74, 6) is 0. The highest BCUT2D eigenvalue weighted by atomic mass is 15.0. The molecule has 134 valence electrons. The molecule has 0 aromatic carbocycles. The molecule has 0 aliphatic rings. The zero-order valence-corrected chi connectivity index (χ0v) is 16.4. The molecular formula is C22H26N4. The van der Waals surface area contributed by atoms with Gasteiger partial charge in [0.1, 0.15) is 11.3 Å². The van der Waals surface area contributed by atoms with Crippen LogP contribution in [-0.4, -0.2) is 18.8 Å². The molecule has 0 atom stereocenters. The Morgan fingerprint density at radius 3 is 2.19 bits per heavy atom. The molecule has 0 N–H and O–H groups in total. The smallest absolute Gasteiger partial charge is 0.146 e. The van der Waals surface area contributed by atoms with Crippen LogP contribution in [0.1, 0.15) is 52.7 Å². The number of hydrogen-bond donors (Lipinski definition) is 0. The number of aromatic nitrogens is 4. The summed E-state index contributed by atoms with van der Waals surface area (Å²) in [6.45, 7) is 13.4. The van der Waals surface area contributed by atoms with E-state index in [2.05, 4.69) is 84.7 Å². The van der Waals surface area contributed by atoms with E-state index < -0.39 is 0 Å². The van der Waals surface area contributed by atoms with Gasteiger partial charge in [-0.2, -0.15) is 0 Å². The van der Waals surface area contributed by atoms with Crippen LogP contribution in [0.5, 0.6) is 0 Å². The fourth-order valence-corrected chi connectivity index (χ4v) is 3.45. The Morgan fingerprint density at radius 2 is 1.50 bits per heavy atom. The van der Waals surface area contributed by atoms with Crippen molar-refractivity contribution in [2.75, 3.05) is 0 Å². The topological polar surface area (TPSA) is 34.6 Å². The van der Waals surface area contributed by atoms with Crippen LogP contribution in [0.15, 0.2) is 49.2 Å². The standard InChI is InChI=1S/C22H26N4/c1-21(2,3)15-13-16(19-23-9-11-25(19)14-15)18-8-7-17(22(4,5)6)20-24-10-12-26(18)20/h7-14H,1-6H3. The molecule has 4 aromatic heterocycles. The lowest BCUT2D eigenvalue weighted by molar-refractivity contribution is 0.586. The van der Waals surface area contributed by atoms with E-state index in [-0.39, 0.29) is 10.8 Å². The summed E-state index contributed by atoms with van der Waals surface area (Å²) in [6, 6.07) is 6.68. The first-order valence-electron chi connectivity index (χ1n) is 9.10. The predicted molar refractivity (Wildman–Crippen MR) is 107 cm³/mol. The van der Waals surface area contributed by atoms with E-state index in [1.165, 1.54) is 11.1 Å². The summed E-state index contributed by atoms with van der Waals surface area (Å²) < 4.78 is 4.31. The maximum absolute atomic E-state index is 4.65. The fraction of sp³-hybridized carbons (Fsp3) is 0.364. The van der Waals surface area contributed by atoms with Gasteiger partial charge in [0, 0.05) is 42.1 Å². The first kappa shape index (κ1) is 16.8. The van der Waals surface area contributed by atoms with Crippen LogP contribution in [0.25, 0.3) is 22.6 Å². The highest BCUT2D eigenvalue weighted by Gasteiger charge is 2.22. The van der Waals surface area contributed by atoms with E-state index in [1.807, 2.05) is 24.8 Å². The second-order valence-corrected chi connectivity index (χ2v) is 9.05. The normalized spacial score (nSPS) is 13.0. The Bertz CT molecular complexity index is 1100. The van der Waals surface area contributed by atoms with Crippen LogP contribution in [0.4, 0.5) is 0 Å². The first-order chi connectivity index (χ1) is 12.2. The number of hydrogen-bond acceptors (Lipinski definition) is 2. The number of fused-ring (bicyclic) bond motifs is 2. The summed E-state index contributed by atoms with van der Waals surface area (Å²) in [5, 5.41) is 0. The minimum absolute atomic E-state index is 0.0427. The van der Waals surface area contributed by atoms with Crippen molar-refractivity contribution in [3.05, 3.63) is 60.3 Å². The Labute approximate surface area is 154 Å². The quantitative estimate of drug-likeness (QED) is 0.472. The van der Waals surface area contributed by atoms with E-state index in [4.69, 9.17) is 0 Å². The third kappa shape index (κ3) is 2.61. The lowest BCUT2D eigenvalue weighted by Gasteiger charge is -2.23. The lowest BCUT2D eigenvalue weighted by Crippen LogP contribution is -2.14. The van der Waals surface area contributed by atoms with Gasteiger partial charge in [0.25, 0.3) is 0 Å². The van der Waals surface area contributed by atoms with Gasteiger partial charge in [-0.1, -0.05) is 47.6 Å². The molecule has 0 aliphatic heterocycles. The van der Waals surface area contributed by atoms with Gasteiger partial charge in [0.05, 0.1) is 5.69 Å². The van der Waals surface area contributed by atoms with Crippen molar-refractivity contribution in [1.29, 1.82) is 0 Å². The molecule has 0 saturated heterocycles. The highest BCUT2D eigenvalue weighted by molar-refractivity contribution is 5.78. The molecule has 4 heteroatoms. The van der Waals surface area contributed by atoms with Gasteiger partial charge in [0.2, 0.25) is 0 Å². The van der Waals surface area contributed by atoms with Crippen LogP contribution < -0.4 is 0 Å². The van der Waals surface area contributed by atoms with Gasteiger partial charge in [-0.15, -0.1) is 0 Å². The number of rotatable bonds is 1. The Morgan fingerprint density at radius 1 is 0.808 bits per heavy atom. The Balaban J connectivity index is 2.05. The van der Waals surface area contributed by atoms with Crippen molar-refractivity contribution in [3.63, 3.8) is 0 Å². The van der Waals surface area contributed by atoms with Gasteiger partial charge in [0.15, 0.2) is 0 Å². The molecule has 0 spiro atoms. The molecular weight excluding hydrogens is 320 g/mol. The summed E-state index contributed by atoms with van der Waals surface area (Å²) in [7, 11) is 0. The largest absolute Gasteiger partial charge is 0.306 e. The molecule has 0 bridgehead atoms. The molecule has 4 nitrogen and oxygen atoms in total. The average Bonchev–Trinajstić information content (AvgIpc) is 3.19. The lowest BCUT2D eigenvalue weighted by atomic mass is 9.86. The SMILES string of the molecule is CC(C)(C)c1cc(-c2ccc(C(C)(C)C)c3nccn23)c2nccn2c1. The molecule has 0 amide bonds. The third-order valence-corrected chi connectivity index (χ3v) is 4.99. The van der Waals surface area contributed by atoms with Gasteiger partial charge in [-0.3, -0.25) is 4.40 Å². The minimum Gasteiger partial charge on any atom is -0.306 e. The molecule has 4 heterocycles. The van der Waals surface area contributed by atoms with E-state index in [1.54, 1.807) is 0 Å². The van der Waals surface area contributed by atoms with E-state index in [0.717, 1.165) is 22.6 Å². The average molecular weight is 346 g/mol. The van der Waals surface area contributed by atoms with E-state index in [9.17, 15) is 0 Å². The summed E-state index contributed by atoms with van der Waals surface area (Å²) in [4.78, 5) is 9.26. The maximum Gasteiger partial charge on any atom is 0.146 e. The maximum atomic E-state index is 4.65. The first-order valence-corrected chi connectivity index (χ1v) is 9.10. The number of imidazole rings is 2. The molecule has 26 heavy (non-hydrogen) atoms. The van der Waals surface area contributed by atoms with Crippen LogP contribution in [0, 0.1) is 0 Å². The number of nitrogens with zero attached hydrogens (tertiary/aromatic N) is 4. The molecule has 0 radical (unpaired) electrons. The molecule has 4 rings (SSSR count). The zero-order valence-electron chi connectivity index (χ0n) is 16.4. The van der Waals surface area contributed by atoms with Gasteiger partial charge < -0.3 is 4.40 Å². The van der Waals surface area contributed by atoms with Crippen LogP contribution in [0.3, 0.4) is 0 Å². The van der Waals surface area contributed by atoms with Crippen molar-refractivity contribution in [3.8, 4) is 11.3 Å². The highest BCUT2D eigenvalue weighted by Crippen LogP contribution is 2.33. The van der Waals surface area contributed by atoms with Gasteiger partial charge in [-0.05, 0) is 28.5 Å². The molecule has 0 saturated carbocycles. The second-order valence-electron chi connectivity index (χ2n) is 9.05. The van der Waals surface area contributed by atoms with Crippen molar-refractivity contribution >= 4 is 11.3 Å². The Hall–Kier alpha value is -2.62. The van der Waals surface area contributed by atoms with Gasteiger partial charge >= 0.3 is 0 Å². The third-order valence-electron chi connectivity index (χ3n) is 4.99. The van der Waals surface area contributed by atoms with E-state index >= 15 is 0 Å². The van der Waals surface area contributed by atoms with Crippen molar-refractivity contribution in [2.45, 2.75) is 52.4 Å². The van der Waals surface area contributed by atoms with E-state index in [0.29, 0.717) is 0 Å². The summed E-state index contributed by atoms with van der Waals surface area (Å²) in [6.07, 6.45) is 9.98. The van der Waals surface area contributed by atoms with Gasteiger partial charge in [-0.25, -0.2) is 9.97 Å². The zero-order chi connectivity index (χ0) is 18.7. The fourth-order valence-electron chi connectivity index (χ4n) is 3.45. The summed E-state index contributed by atoms with van der Waals surface area (Å²) >= 11 is 0. The van der Waals surface area contributed by atoms with Crippen molar-refractivity contribution in [2.24, 2.45) is 0 Å². The van der Waals surface area contributed by atoms with Crippen molar-refractivity contribution in [1.82, 2.24) is 18.8 Å². The predicted octanol–water partition coefficient (Wildman–Crippen LogP) is 5.24.